The maximum atomic E-state index is 14.0. The SMILES string of the molecule is CCOC(=O)c1cc(Sc2nccc(C)n2)c(F)cc1N. The van der Waals surface area contributed by atoms with Crippen LogP contribution in [0.4, 0.5) is 10.1 Å². The number of rotatable bonds is 4. The number of esters is 1. The molecular weight excluding hydrogens is 293 g/mol. The Hall–Kier alpha value is -2.15. The third kappa shape index (κ3) is 3.69. The fourth-order valence-electron chi connectivity index (χ4n) is 1.61. The zero-order valence-corrected chi connectivity index (χ0v) is 12.4. The van der Waals surface area contributed by atoms with Gasteiger partial charge in [0.1, 0.15) is 5.82 Å². The van der Waals surface area contributed by atoms with Crippen molar-refractivity contribution >= 4 is 23.4 Å². The van der Waals surface area contributed by atoms with Crippen molar-refractivity contribution < 1.29 is 13.9 Å². The van der Waals surface area contributed by atoms with Crippen LogP contribution in [0.15, 0.2) is 34.4 Å². The number of nitrogen functional groups attached to an aromatic ring is 1. The highest BCUT2D eigenvalue weighted by atomic mass is 32.2. The molecule has 0 saturated heterocycles. The number of carbonyl (C=O) groups is 1. The molecule has 0 saturated carbocycles. The van der Waals surface area contributed by atoms with Gasteiger partial charge in [-0.1, -0.05) is 0 Å². The van der Waals surface area contributed by atoms with Crippen molar-refractivity contribution in [1.82, 2.24) is 9.97 Å². The average Bonchev–Trinajstić information content (AvgIpc) is 2.42. The highest BCUT2D eigenvalue weighted by molar-refractivity contribution is 7.99. The van der Waals surface area contributed by atoms with Crippen molar-refractivity contribution in [2.75, 3.05) is 12.3 Å². The highest BCUT2D eigenvalue weighted by Gasteiger charge is 2.16. The molecule has 0 aliphatic rings. The first-order chi connectivity index (χ1) is 10.0. The van der Waals surface area contributed by atoms with Gasteiger partial charge in [-0.25, -0.2) is 19.2 Å². The van der Waals surface area contributed by atoms with Crippen LogP contribution in [0.5, 0.6) is 0 Å². The molecule has 0 radical (unpaired) electrons. The molecule has 110 valence electrons. The molecule has 0 fully saturated rings. The fourth-order valence-corrected chi connectivity index (χ4v) is 2.44. The van der Waals surface area contributed by atoms with E-state index in [0.717, 1.165) is 23.5 Å². The lowest BCUT2D eigenvalue weighted by Gasteiger charge is -2.09. The Morgan fingerprint density at radius 3 is 2.90 bits per heavy atom. The molecule has 0 aliphatic carbocycles. The average molecular weight is 307 g/mol. The normalized spacial score (nSPS) is 10.4. The Bertz CT molecular complexity index is 679. The molecule has 7 heteroatoms. The van der Waals surface area contributed by atoms with Crippen LogP contribution in [0.2, 0.25) is 0 Å². The van der Waals surface area contributed by atoms with E-state index in [0.29, 0.717) is 5.16 Å². The summed E-state index contributed by atoms with van der Waals surface area (Å²) in [6.45, 7) is 3.72. The first-order valence-electron chi connectivity index (χ1n) is 6.25. The minimum absolute atomic E-state index is 0.0421. The lowest BCUT2D eigenvalue weighted by Crippen LogP contribution is -2.09. The summed E-state index contributed by atoms with van der Waals surface area (Å²) in [7, 11) is 0. The van der Waals surface area contributed by atoms with Gasteiger partial charge in [-0.3, -0.25) is 0 Å². The van der Waals surface area contributed by atoms with Crippen molar-refractivity contribution in [2.45, 2.75) is 23.9 Å². The van der Waals surface area contributed by atoms with Crippen molar-refractivity contribution in [3.05, 3.63) is 41.5 Å². The monoisotopic (exact) mass is 307 g/mol. The lowest BCUT2D eigenvalue weighted by molar-refractivity contribution is 0.0527. The second-order valence-corrected chi connectivity index (χ2v) is 5.18. The van der Waals surface area contributed by atoms with Crippen molar-refractivity contribution in [1.29, 1.82) is 0 Å². The first-order valence-corrected chi connectivity index (χ1v) is 7.06. The topological polar surface area (TPSA) is 78.1 Å². The number of aromatic nitrogens is 2. The molecule has 2 N–H and O–H groups in total. The van der Waals surface area contributed by atoms with Gasteiger partial charge in [0.15, 0.2) is 5.16 Å². The molecule has 0 bridgehead atoms. The van der Waals surface area contributed by atoms with Crippen LogP contribution in [0.3, 0.4) is 0 Å². The zero-order valence-electron chi connectivity index (χ0n) is 11.6. The highest BCUT2D eigenvalue weighted by Crippen LogP contribution is 2.30. The van der Waals surface area contributed by atoms with Crippen LogP contribution in [-0.4, -0.2) is 22.5 Å². The molecule has 2 aromatic rings. The van der Waals surface area contributed by atoms with Gasteiger partial charge in [-0.15, -0.1) is 0 Å². The van der Waals surface area contributed by atoms with Crippen LogP contribution >= 0.6 is 11.8 Å². The van der Waals surface area contributed by atoms with E-state index in [1.165, 1.54) is 6.07 Å². The van der Waals surface area contributed by atoms with Crippen LogP contribution in [0.25, 0.3) is 0 Å². The van der Waals surface area contributed by atoms with Gasteiger partial charge in [-0.2, -0.15) is 0 Å². The molecule has 1 heterocycles. The van der Waals surface area contributed by atoms with Gasteiger partial charge < -0.3 is 10.5 Å². The summed E-state index contributed by atoms with van der Waals surface area (Å²) in [6.07, 6.45) is 1.59. The Kier molecular flexibility index (Phi) is 4.74. The predicted molar refractivity (Wildman–Crippen MR) is 77.7 cm³/mol. The summed E-state index contributed by atoms with van der Waals surface area (Å²) in [6, 6.07) is 4.21. The van der Waals surface area contributed by atoms with E-state index in [1.54, 1.807) is 19.2 Å². The lowest BCUT2D eigenvalue weighted by atomic mass is 10.2. The number of carbonyl (C=O) groups excluding carboxylic acids is 1. The predicted octanol–water partition coefficient (Wildman–Crippen LogP) is 2.83. The molecule has 0 spiro atoms. The molecule has 0 aliphatic heterocycles. The molecule has 1 aromatic heterocycles. The third-order valence-electron chi connectivity index (χ3n) is 2.57. The van der Waals surface area contributed by atoms with E-state index < -0.39 is 11.8 Å². The number of hydrogen-bond donors (Lipinski definition) is 1. The molecule has 0 unspecified atom stereocenters. The number of anilines is 1. The van der Waals surface area contributed by atoms with Gasteiger partial charge in [-0.05, 0) is 43.8 Å². The summed E-state index contributed by atoms with van der Waals surface area (Å²) < 4.78 is 18.8. The summed E-state index contributed by atoms with van der Waals surface area (Å²) in [5, 5.41) is 0.397. The van der Waals surface area contributed by atoms with Gasteiger partial charge in [0.25, 0.3) is 0 Å². The fraction of sp³-hybridized carbons (Fsp3) is 0.214. The molecule has 0 amide bonds. The quantitative estimate of drug-likeness (QED) is 0.531. The second-order valence-electron chi connectivity index (χ2n) is 4.17. The van der Waals surface area contributed by atoms with E-state index in [9.17, 15) is 9.18 Å². The number of nitrogens with zero attached hydrogens (tertiary/aromatic N) is 2. The largest absolute Gasteiger partial charge is 0.462 e. The van der Waals surface area contributed by atoms with Crippen LogP contribution in [0, 0.1) is 12.7 Å². The number of hydrogen-bond acceptors (Lipinski definition) is 6. The molecule has 1 aromatic carbocycles. The van der Waals surface area contributed by atoms with Crippen molar-refractivity contribution in [3.8, 4) is 0 Å². The van der Waals surface area contributed by atoms with Crippen molar-refractivity contribution in [2.24, 2.45) is 0 Å². The maximum absolute atomic E-state index is 14.0. The Balaban J connectivity index is 2.35. The number of nitrogens with two attached hydrogens (primary N) is 1. The third-order valence-corrected chi connectivity index (χ3v) is 3.49. The van der Waals surface area contributed by atoms with E-state index in [-0.39, 0.29) is 22.8 Å². The minimum atomic E-state index is -0.581. The Labute approximate surface area is 125 Å². The summed E-state index contributed by atoms with van der Waals surface area (Å²) in [5.41, 5.74) is 6.60. The van der Waals surface area contributed by atoms with E-state index in [1.807, 2.05) is 6.92 Å². The maximum Gasteiger partial charge on any atom is 0.340 e. The van der Waals surface area contributed by atoms with Crippen LogP contribution < -0.4 is 5.73 Å². The molecule has 5 nitrogen and oxygen atoms in total. The second kappa shape index (κ2) is 6.53. The van der Waals surface area contributed by atoms with Crippen LogP contribution in [0.1, 0.15) is 23.0 Å². The first kappa shape index (κ1) is 15.2. The van der Waals surface area contributed by atoms with Gasteiger partial charge >= 0.3 is 5.97 Å². The molecule has 2 rings (SSSR count). The summed E-state index contributed by atoms with van der Waals surface area (Å²) >= 11 is 1.03. The standard InChI is InChI=1S/C14H14FN3O2S/c1-3-20-13(19)9-6-12(10(15)7-11(9)16)21-14-17-5-4-8(2)18-14/h4-7H,3,16H2,1-2H3. The van der Waals surface area contributed by atoms with E-state index in [4.69, 9.17) is 10.5 Å². The number of aryl methyl sites for hydroxylation is 1. The molecular formula is C14H14FN3O2S. The number of benzene rings is 1. The summed E-state index contributed by atoms with van der Waals surface area (Å²) in [5.74, 6) is -1.11. The number of halogens is 1. The molecule has 0 atom stereocenters. The summed E-state index contributed by atoms with van der Waals surface area (Å²) in [4.78, 5) is 20.2. The van der Waals surface area contributed by atoms with Crippen molar-refractivity contribution in [3.63, 3.8) is 0 Å². The van der Waals surface area contributed by atoms with Gasteiger partial charge in [0, 0.05) is 17.6 Å². The Morgan fingerprint density at radius 2 is 2.24 bits per heavy atom. The zero-order chi connectivity index (χ0) is 15.4. The van der Waals surface area contributed by atoms with E-state index in [2.05, 4.69) is 9.97 Å². The molecule has 21 heavy (non-hydrogen) atoms. The smallest absolute Gasteiger partial charge is 0.340 e. The Morgan fingerprint density at radius 1 is 1.48 bits per heavy atom. The van der Waals surface area contributed by atoms with Gasteiger partial charge in [0.05, 0.1) is 17.1 Å². The number of ether oxygens (including phenoxy) is 1. The van der Waals surface area contributed by atoms with E-state index >= 15 is 0 Å². The van der Waals surface area contributed by atoms with Crippen LogP contribution in [-0.2, 0) is 4.74 Å². The van der Waals surface area contributed by atoms with Gasteiger partial charge in [0.2, 0.25) is 0 Å². The minimum Gasteiger partial charge on any atom is -0.462 e.